The first-order valence-corrected chi connectivity index (χ1v) is 5.13. The lowest BCUT2D eigenvalue weighted by Crippen LogP contribution is -2.36. The SMILES string of the molecule is C#CCC(Cc1cc(C)ccc1C)NN. The Morgan fingerprint density at radius 1 is 1.47 bits per heavy atom. The van der Waals surface area contributed by atoms with E-state index < -0.39 is 0 Å². The Balaban J connectivity index is 2.78. The summed E-state index contributed by atoms with van der Waals surface area (Å²) >= 11 is 0. The fourth-order valence-corrected chi connectivity index (χ4v) is 1.62. The van der Waals surface area contributed by atoms with Crippen molar-refractivity contribution in [1.29, 1.82) is 0 Å². The van der Waals surface area contributed by atoms with Crippen LogP contribution in [0.4, 0.5) is 0 Å². The molecule has 1 unspecified atom stereocenters. The highest BCUT2D eigenvalue weighted by Crippen LogP contribution is 2.13. The zero-order valence-corrected chi connectivity index (χ0v) is 9.38. The number of hydrazine groups is 1. The molecule has 0 aliphatic rings. The Hall–Kier alpha value is -1.30. The molecule has 0 saturated carbocycles. The molecule has 1 aromatic rings. The zero-order valence-electron chi connectivity index (χ0n) is 9.38. The van der Waals surface area contributed by atoms with Gasteiger partial charge in [-0.05, 0) is 31.4 Å². The molecule has 0 amide bonds. The Kier molecular flexibility index (Phi) is 4.36. The van der Waals surface area contributed by atoms with E-state index >= 15 is 0 Å². The average molecular weight is 202 g/mol. The largest absolute Gasteiger partial charge is 0.271 e. The number of hydrogen-bond acceptors (Lipinski definition) is 2. The maximum absolute atomic E-state index is 5.45. The normalized spacial score (nSPS) is 12.1. The summed E-state index contributed by atoms with van der Waals surface area (Å²) in [7, 11) is 0. The van der Waals surface area contributed by atoms with Crippen LogP contribution in [0.2, 0.25) is 0 Å². The third-order valence-corrected chi connectivity index (χ3v) is 2.57. The Bertz CT molecular complexity index is 363. The molecule has 0 bridgehead atoms. The predicted molar refractivity (Wildman–Crippen MR) is 64.2 cm³/mol. The molecule has 2 heteroatoms. The monoisotopic (exact) mass is 202 g/mol. The molecule has 1 atom stereocenters. The first-order chi connectivity index (χ1) is 7.17. The topological polar surface area (TPSA) is 38.0 Å². The van der Waals surface area contributed by atoms with Crippen molar-refractivity contribution in [3.8, 4) is 12.3 Å². The van der Waals surface area contributed by atoms with Gasteiger partial charge in [-0.2, -0.15) is 0 Å². The highest BCUT2D eigenvalue weighted by atomic mass is 15.2. The van der Waals surface area contributed by atoms with E-state index in [2.05, 4.69) is 43.4 Å². The number of terminal acetylenes is 1. The maximum Gasteiger partial charge on any atom is 0.0360 e. The number of nitrogens with one attached hydrogen (secondary N) is 1. The molecule has 0 saturated heterocycles. The van der Waals surface area contributed by atoms with E-state index in [9.17, 15) is 0 Å². The summed E-state index contributed by atoms with van der Waals surface area (Å²) < 4.78 is 0. The smallest absolute Gasteiger partial charge is 0.0360 e. The van der Waals surface area contributed by atoms with E-state index in [-0.39, 0.29) is 6.04 Å². The minimum Gasteiger partial charge on any atom is -0.271 e. The molecule has 1 aromatic carbocycles. The number of aryl methyl sites for hydroxylation is 2. The molecule has 0 aromatic heterocycles. The van der Waals surface area contributed by atoms with Gasteiger partial charge in [-0.1, -0.05) is 23.8 Å². The van der Waals surface area contributed by atoms with Crippen molar-refractivity contribution in [1.82, 2.24) is 5.43 Å². The third kappa shape index (κ3) is 3.39. The van der Waals surface area contributed by atoms with Crippen LogP contribution in [0, 0.1) is 26.2 Å². The van der Waals surface area contributed by atoms with E-state index in [0.717, 1.165) is 6.42 Å². The molecule has 1 rings (SSSR count). The van der Waals surface area contributed by atoms with Gasteiger partial charge in [0, 0.05) is 12.5 Å². The van der Waals surface area contributed by atoms with E-state index in [1.165, 1.54) is 16.7 Å². The van der Waals surface area contributed by atoms with E-state index in [1.54, 1.807) is 0 Å². The Labute approximate surface area is 91.8 Å². The van der Waals surface area contributed by atoms with Crippen LogP contribution in [-0.2, 0) is 6.42 Å². The Morgan fingerprint density at radius 2 is 2.20 bits per heavy atom. The molecule has 0 fully saturated rings. The summed E-state index contributed by atoms with van der Waals surface area (Å²) in [6.45, 7) is 4.20. The number of hydrogen-bond donors (Lipinski definition) is 2. The van der Waals surface area contributed by atoms with Crippen LogP contribution in [0.15, 0.2) is 18.2 Å². The van der Waals surface area contributed by atoms with Crippen molar-refractivity contribution in [2.45, 2.75) is 32.7 Å². The zero-order chi connectivity index (χ0) is 11.3. The molecule has 0 aliphatic carbocycles. The maximum atomic E-state index is 5.45. The minimum absolute atomic E-state index is 0.162. The highest BCUT2D eigenvalue weighted by Gasteiger charge is 2.08. The number of rotatable bonds is 4. The molecular weight excluding hydrogens is 184 g/mol. The van der Waals surface area contributed by atoms with Gasteiger partial charge >= 0.3 is 0 Å². The lowest BCUT2D eigenvalue weighted by Gasteiger charge is -2.15. The van der Waals surface area contributed by atoms with Gasteiger partial charge in [-0.15, -0.1) is 12.3 Å². The summed E-state index contributed by atoms with van der Waals surface area (Å²) in [6, 6.07) is 6.60. The fourth-order valence-electron chi connectivity index (χ4n) is 1.62. The van der Waals surface area contributed by atoms with Crippen LogP contribution < -0.4 is 11.3 Å². The molecule has 0 radical (unpaired) electrons. The number of benzene rings is 1. The molecule has 0 aliphatic heterocycles. The van der Waals surface area contributed by atoms with Gasteiger partial charge < -0.3 is 0 Å². The van der Waals surface area contributed by atoms with Gasteiger partial charge in [0.2, 0.25) is 0 Å². The van der Waals surface area contributed by atoms with Gasteiger partial charge in [0.1, 0.15) is 0 Å². The van der Waals surface area contributed by atoms with Crippen LogP contribution >= 0.6 is 0 Å². The molecule has 0 heterocycles. The van der Waals surface area contributed by atoms with Gasteiger partial charge in [-0.3, -0.25) is 11.3 Å². The second-order valence-corrected chi connectivity index (χ2v) is 3.91. The van der Waals surface area contributed by atoms with Gasteiger partial charge in [0.15, 0.2) is 0 Å². The first kappa shape index (κ1) is 11.8. The average Bonchev–Trinajstić information content (AvgIpc) is 2.22. The van der Waals surface area contributed by atoms with Gasteiger partial charge in [0.05, 0.1) is 0 Å². The summed E-state index contributed by atoms with van der Waals surface area (Å²) in [6.07, 6.45) is 6.82. The summed E-state index contributed by atoms with van der Waals surface area (Å²) in [5.74, 6) is 8.08. The quantitative estimate of drug-likeness (QED) is 0.443. The third-order valence-electron chi connectivity index (χ3n) is 2.57. The summed E-state index contributed by atoms with van der Waals surface area (Å²) in [5, 5.41) is 0. The molecule has 2 nitrogen and oxygen atoms in total. The first-order valence-electron chi connectivity index (χ1n) is 5.13. The van der Waals surface area contributed by atoms with E-state index in [1.807, 2.05) is 0 Å². The van der Waals surface area contributed by atoms with Crippen LogP contribution in [-0.4, -0.2) is 6.04 Å². The molecular formula is C13H18N2. The lowest BCUT2D eigenvalue weighted by atomic mass is 9.98. The highest BCUT2D eigenvalue weighted by molar-refractivity contribution is 5.31. The molecule has 0 spiro atoms. The van der Waals surface area contributed by atoms with Crippen LogP contribution in [0.5, 0.6) is 0 Å². The van der Waals surface area contributed by atoms with E-state index in [4.69, 9.17) is 12.3 Å². The van der Waals surface area contributed by atoms with Crippen LogP contribution in [0.25, 0.3) is 0 Å². The predicted octanol–water partition coefficient (Wildman–Crippen LogP) is 1.70. The van der Waals surface area contributed by atoms with Crippen molar-refractivity contribution < 1.29 is 0 Å². The van der Waals surface area contributed by atoms with Crippen LogP contribution in [0.3, 0.4) is 0 Å². The van der Waals surface area contributed by atoms with Gasteiger partial charge in [-0.25, -0.2) is 0 Å². The Morgan fingerprint density at radius 3 is 2.80 bits per heavy atom. The molecule has 3 N–H and O–H groups in total. The molecule has 80 valence electrons. The summed E-state index contributed by atoms with van der Waals surface area (Å²) in [4.78, 5) is 0. The van der Waals surface area contributed by atoms with Crippen molar-refractivity contribution in [3.05, 3.63) is 34.9 Å². The van der Waals surface area contributed by atoms with E-state index in [0.29, 0.717) is 6.42 Å². The second-order valence-electron chi connectivity index (χ2n) is 3.91. The standard InChI is InChI=1S/C13H18N2/c1-4-5-13(15-14)9-12-8-10(2)6-7-11(12)3/h1,6-8,13,15H,5,9,14H2,2-3H3. The van der Waals surface area contributed by atoms with Crippen molar-refractivity contribution in [3.63, 3.8) is 0 Å². The van der Waals surface area contributed by atoms with Gasteiger partial charge in [0.25, 0.3) is 0 Å². The van der Waals surface area contributed by atoms with Crippen molar-refractivity contribution in [2.24, 2.45) is 5.84 Å². The van der Waals surface area contributed by atoms with Crippen LogP contribution in [0.1, 0.15) is 23.1 Å². The second kappa shape index (κ2) is 5.55. The minimum atomic E-state index is 0.162. The van der Waals surface area contributed by atoms with Crippen molar-refractivity contribution in [2.75, 3.05) is 0 Å². The molecule has 15 heavy (non-hydrogen) atoms. The summed E-state index contributed by atoms with van der Waals surface area (Å²) in [5.41, 5.74) is 6.63. The fraction of sp³-hybridized carbons (Fsp3) is 0.385. The number of nitrogens with two attached hydrogens (primary N) is 1. The lowest BCUT2D eigenvalue weighted by molar-refractivity contribution is 0.536. The van der Waals surface area contributed by atoms with Crippen molar-refractivity contribution >= 4 is 0 Å².